The van der Waals surface area contributed by atoms with Crippen LogP contribution in [0.25, 0.3) is 10.2 Å². The molecule has 0 bridgehead atoms. The zero-order valence-electron chi connectivity index (χ0n) is 17.1. The molecule has 0 unspecified atom stereocenters. The number of hydrogen-bond donors (Lipinski definition) is 1. The number of nitrogens with one attached hydrogen (secondary N) is 1. The molecule has 156 valence electrons. The fourth-order valence-corrected chi connectivity index (χ4v) is 5.51. The van der Waals surface area contributed by atoms with Gasteiger partial charge in [-0.15, -0.1) is 11.3 Å². The second-order valence-corrected chi connectivity index (χ2v) is 9.08. The third-order valence-corrected chi connectivity index (χ3v) is 7.26. The summed E-state index contributed by atoms with van der Waals surface area (Å²) in [6, 6.07) is 3.83. The zero-order valence-corrected chi connectivity index (χ0v) is 17.9. The highest BCUT2D eigenvalue weighted by atomic mass is 32.1. The van der Waals surface area contributed by atoms with E-state index in [-0.39, 0.29) is 11.5 Å². The lowest BCUT2D eigenvalue weighted by Crippen LogP contribution is -2.24. The first kappa shape index (κ1) is 19.2. The monoisotopic (exact) mass is 423 g/mol. The van der Waals surface area contributed by atoms with Crippen molar-refractivity contribution >= 4 is 39.0 Å². The Morgan fingerprint density at radius 2 is 1.90 bits per heavy atom. The Hall–Kier alpha value is -2.74. The van der Waals surface area contributed by atoms with Crippen molar-refractivity contribution < 1.29 is 4.79 Å². The second kappa shape index (κ2) is 7.83. The third-order valence-electron chi connectivity index (χ3n) is 6.08. The van der Waals surface area contributed by atoms with Crippen LogP contribution in [-0.2, 0) is 13.0 Å². The fraction of sp³-hybridized carbons (Fsp3) is 0.455. The number of carbonyl (C=O) groups excluding carboxylic acids is 1. The Balaban J connectivity index is 1.43. The topological polar surface area (TPSA) is 80.1 Å². The van der Waals surface area contributed by atoms with Gasteiger partial charge in [-0.3, -0.25) is 14.2 Å². The number of thiophene rings is 1. The van der Waals surface area contributed by atoms with Gasteiger partial charge in [0.05, 0.1) is 22.1 Å². The average molecular weight is 424 g/mol. The number of aryl methyl sites for hydroxylation is 2. The number of nitrogens with zero attached hydrogens (tertiary/aromatic N) is 4. The molecule has 3 aromatic rings. The van der Waals surface area contributed by atoms with Gasteiger partial charge in [-0.1, -0.05) is 6.42 Å². The summed E-state index contributed by atoms with van der Waals surface area (Å²) in [4.78, 5) is 38.7. The molecule has 1 fully saturated rings. The Labute approximate surface area is 178 Å². The Morgan fingerprint density at radius 1 is 1.10 bits per heavy atom. The first-order valence-electron chi connectivity index (χ1n) is 10.7. The zero-order chi connectivity index (χ0) is 20.7. The molecule has 2 aliphatic heterocycles. The molecule has 7 nitrogen and oxygen atoms in total. The number of carbonyl (C=O) groups is 1. The van der Waals surface area contributed by atoms with Crippen LogP contribution in [-0.4, -0.2) is 33.5 Å². The van der Waals surface area contributed by atoms with Gasteiger partial charge in [0.2, 0.25) is 0 Å². The van der Waals surface area contributed by atoms with E-state index in [4.69, 9.17) is 4.98 Å². The Kier molecular flexibility index (Phi) is 5.02. The lowest BCUT2D eigenvalue weighted by molar-refractivity contribution is 0.102. The number of rotatable bonds is 3. The van der Waals surface area contributed by atoms with Gasteiger partial charge >= 0.3 is 0 Å². The largest absolute Gasteiger partial charge is 0.370 e. The maximum Gasteiger partial charge on any atom is 0.267 e. The quantitative estimate of drug-likeness (QED) is 0.694. The molecule has 0 radical (unpaired) electrons. The van der Waals surface area contributed by atoms with E-state index in [2.05, 4.69) is 15.2 Å². The number of fused-ring (bicyclic) bond motifs is 2. The lowest BCUT2D eigenvalue weighted by Gasteiger charge is -2.17. The summed E-state index contributed by atoms with van der Waals surface area (Å²) in [7, 11) is 0. The summed E-state index contributed by atoms with van der Waals surface area (Å²) in [5.41, 5.74) is 1.78. The van der Waals surface area contributed by atoms with E-state index < -0.39 is 0 Å². The Bertz CT molecular complexity index is 1160. The van der Waals surface area contributed by atoms with Gasteiger partial charge in [-0.2, -0.15) is 0 Å². The van der Waals surface area contributed by atoms with Crippen molar-refractivity contribution in [1.82, 2.24) is 14.5 Å². The normalized spacial score (nSPS) is 16.5. The van der Waals surface area contributed by atoms with Crippen LogP contribution < -0.4 is 15.8 Å². The first-order chi connectivity index (χ1) is 14.6. The maximum absolute atomic E-state index is 13.1. The molecule has 30 heavy (non-hydrogen) atoms. The first-order valence-corrected chi connectivity index (χ1v) is 11.5. The van der Waals surface area contributed by atoms with Crippen molar-refractivity contribution in [2.45, 2.75) is 52.0 Å². The smallest absolute Gasteiger partial charge is 0.267 e. The molecule has 0 atom stereocenters. The van der Waals surface area contributed by atoms with E-state index in [1.165, 1.54) is 24.2 Å². The van der Waals surface area contributed by atoms with E-state index in [9.17, 15) is 9.59 Å². The predicted molar refractivity (Wildman–Crippen MR) is 120 cm³/mol. The summed E-state index contributed by atoms with van der Waals surface area (Å²) >= 11 is 1.30. The molecule has 0 aromatic carbocycles. The van der Waals surface area contributed by atoms with Crippen LogP contribution >= 0.6 is 11.3 Å². The fourth-order valence-electron chi connectivity index (χ4n) is 4.42. The van der Waals surface area contributed by atoms with E-state index in [0.717, 1.165) is 50.3 Å². The van der Waals surface area contributed by atoms with E-state index in [1.54, 1.807) is 4.57 Å². The van der Waals surface area contributed by atoms with Crippen molar-refractivity contribution in [1.29, 1.82) is 0 Å². The van der Waals surface area contributed by atoms with E-state index in [1.807, 2.05) is 25.3 Å². The van der Waals surface area contributed by atoms with Gasteiger partial charge in [-0.25, -0.2) is 9.97 Å². The molecule has 1 N–H and O–H groups in total. The minimum absolute atomic E-state index is 0.0159. The second-order valence-electron chi connectivity index (χ2n) is 8.08. The molecule has 1 amide bonds. The highest BCUT2D eigenvalue weighted by Gasteiger charge is 2.22. The highest BCUT2D eigenvalue weighted by molar-refractivity contribution is 7.20. The van der Waals surface area contributed by atoms with Crippen LogP contribution in [0.2, 0.25) is 0 Å². The summed E-state index contributed by atoms with van der Waals surface area (Å²) in [6.07, 6.45) is 8.21. The molecule has 3 aromatic heterocycles. The van der Waals surface area contributed by atoms with Gasteiger partial charge in [0.15, 0.2) is 0 Å². The summed E-state index contributed by atoms with van der Waals surface area (Å²) in [5, 5.41) is 3.46. The van der Waals surface area contributed by atoms with E-state index in [0.29, 0.717) is 33.0 Å². The standard InChI is InChI=1S/C22H25N5O2S/c1-14-18-21(25-17-7-3-2-4-12-27(17)22(18)29)30-19(14)20(28)24-16-9-8-15(13-23-16)26-10-5-6-11-26/h8-9,13H,2-7,10-12H2,1H3,(H,23,24,28). The minimum Gasteiger partial charge on any atom is -0.370 e. The number of amides is 1. The lowest BCUT2D eigenvalue weighted by atomic mass is 10.2. The van der Waals surface area contributed by atoms with Crippen molar-refractivity contribution in [2.75, 3.05) is 23.3 Å². The summed E-state index contributed by atoms with van der Waals surface area (Å²) in [6.45, 7) is 4.66. The molecular formula is C22H25N5O2S. The van der Waals surface area contributed by atoms with Crippen molar-refractivity contribution in [3.63, 3.8) is 0 Å². The van der Waals surface area contributed by atoms with Crippen molar-refractivity contribution in [3.05, 3.63) is 44.9 Å². The summed E-state index contributed by atoms with van der Waals surface area (Å²) in [5.74, 6) is 1.12. The van der Waals surface area contributed by atoms with Gasteiger partial charge in [0.25, 0.3) is 11.5 Å². The molecule has 0 saturated carbocycles. The van der Waals surface area contributed by atoms with Crippen molar-refractivity contribution in [2.24, 2.45) is 0 Å². The molecule has 0 aliphatic carbocycles. The molecule has 8 heteroatoms. The number of aromatic nitrogens is 3. The molecular weight excluding hydrogens is 398 g/mol. The molecule has 5 heterocycles. The Morgan fingerprint density at radius 3 is 2.67 bits per heavy atom. The van der Waals surface area contributed by atoms with Crippen LogP contribution in [0, 0.1) is 6.92 Å². The number of pyridine rings is 1. The maximum atomic E-state index is 13.1. The van der Waals surface area contributed by atoms with E-state index >= 15 is 0 Å². The number of hydrogen-bond acceptors (Lipinski definition) is 6. The van der Waals surface area contributed by atoms with Gasteiger partial charge in [0, 0.05) is 26.1 Å². The van der Waals surface area contributed by atoms with Crippen LogP contribution in [0.3, 0.4) is 0 Å². The third kappa shape index (κ3) is 3.39. The van der Waals surface area contributed by atoms with Crippen LogP contribution in [0.4, 0.5) is 11.5 Å². The number of anilines is 2. The highest BCUT2D eigenvalue weighted by Crippen LogP contribution is 2.29. The van der Waals surface area contributed by atoms with Crippen molar-refractivity contribution in [3.8, 4) is 0 Å². The van der Waals surface area contributed by atoms with Crippen LogP contribution in [0.1, 0.15) is 53.2 Å². The predicted octanol–water partition coefficient (Wildman–Crippen LogP) is 3.74. The van der Waals surface area contributed by atoms with Gasteiger partial charge < -0.3 is 10.2 Å². The van der Waals surface area contributed by atoms with Gasteiger partial charge in [0.1, 0.15) is 16.5 Å². The SMILES string of the molecule is Cc1c(C(=O)Nc2ccc(N3CCCC3)cn2)sc2nc3n(c(=O)c12)CCCCC3. The average Bonchev–Trinajstić information content (AvgIpc) is 3.32. The molecule has 5 rings (SSSR count). The molecule has 0 spiro atoms. The minimum atomic E-state index is -0.239. The van der Waals surface area contributed by atoms with Crippen LogP contribution in [0.5, 0.6) is 0 Å². The molecule has 1 saturated heterocycles. The van der Waals surface area contributed by atoms with Gasteiger partial charge in [-0.05, 0) is 50.3 Å². The summed E-state index contributed by atoms with van der Waals surface area (Å²) < 4.78 is 1.80. The molecule has 2 aliphatic rings. The van der Waals surface area contributed by atoms with Crippen LogP contribution in [0.15, 0.2) is 23.1 Å².